The van der Waals surface area contributed by atoms with Crippen LogP contribution in [-0.4, -0.2) is 11.0 Å². The second-order valence-electron chi connectivity index (χ2n) is 4.88. The van der Waals surface area contributed by atoms with Gasteiger partial charge in [-0.2, -0.15) is 0 Å². The van der Waals surface area contributed by atoms with E-state index in [9.17, 15) is 9.59 Å². The van der Waals surface area contributed by atoms with Crippen LogP contribution in [0, 0.1) is 0 Å². The first-order valence-corrected chi connectivity index (χ1v) is 7.54. The molecule has 3 aromatic rings. The molecule has 0 aliphatic heterocycles. The SMILES string of the molecule is O=C(OCc1c(Cl)cccc1Cl)c1cc2ccccc2c(=O)[nH]1. The number of pyridine rings is 1. The maximum Gasteiger partial charge on any atom is 0.355 e. The van der Waals surface area contributed by atoms with Crippen molar-refractivity contribution in [3.05, 3.63) is 80.2 Å². The number of benzene rings is 2. The fourth-order valence-electron chi connectivity index (χ4n) is 2.21. The molecule has 1 N–H and O–H groups in total. The van der Waals surface area contributed by atoms with Gasteiger partial charge in [0.1, 0.15) is 12.3 Å². The summed E-state index contributed by atoms with van der Waals surface area (Å²) in [5.41, 5.74) is 0.259. The Hall–Kier alpha value is -2.30. The van der Waals surface area contributed by atoms with E-state index in [2.05, 4.69) is 4.98 Å². The summed E-state index contributed by atoms with van der Waals surface area (Å²) >= 11 is 12.1. The number of halogens is 2. The van der Waals surface area contributed by atoms with Gasteiger partial charge in [-0.25, -0.2) is 4.79 Å². The van der Waals surface area contributed by atoms with E-state index < -0.39 is 5.97 Å². The van der Waals surface area contributed by atoms with Gasteiger partial charge in [0.15, 0.2) is 0 Å². The molecule has 0 atom stereocenters. The summed E-state index contributed by atoms with van der Waals surface area (Å²) in [5.74, 6) is -0.649. The molecular weight excluding hydrogens is 337 g/mol. The van der Waals surface area contributed by atoms with Crippen molar-refractivity contribution in [1.29, 1.82) is 0 Å². The van der Waals surface area contributed by atoms with Crippen LogP contribution in [0.4, 0.5) is 0 Å². The minimum Gasteiger partial charge on any atom is -0.456 e. The first-order chi connectivity index (χ1) is 11.1. The zero-order valence-corrected chi connectivity index (χ0v) is 13.3. The number of hydrogen-bond acceptors (Lipinski definition) is 3. The highest BCUT2D eigenvalue weighted by Gasteiger charge is 2.13. The molecule has 0 bridgehead atoms. The number of aromatic nitrogens is 1. The van der Waals surface area contributed by atoms with Gasteiger partial charge in [0.25, 0.3) is 5.56 Å². The molecule has 23 heavy (non-hydrogen) atoms. The molecule has 0 aliphatic rings. The van der Waals surface area contributed by atoms with Gasteiger partial charge in [0.2, 0.25) is 0 Å². The summed E-state index contributed by atoms with van der Waals surface area (Å²) < 4.78 is 5.20. The zero-order chi connectivity index (χ0) is 16.4. The number of H-pyrrole nitrogens is 1. The smallest absolute Gasteiger partial charge is 0.355 e. The molecule has 2 aromatic carbocycles. The van der Waals surface area contributed by atoms with E-state index in [0.717, 1.165) is 0 Å². The Labute approximate surface area is 141 Å². The van der Waals surface area contributed by atoms with Crippen LogP contribution >= 0.6 is 23.2 Å². The number of carbonyl (C=O) groups excluding carboxylic acids is 1. The summed E-state index contributed by atoms with van der Waals surface area (Å²) in [6.07, 6.45) is 0. The van der Waals surface area contributed by atoms with Crippen LogP contribution < -0.4 is 5.56 Å². The molecule has 0 fully saturated rings. The lowest BCUT2D eigenvalue weighted by molar-refractivity contribution is 0.0466. The van der Waals surface area contributed by atoms with Gasteiger partial charge >= 0.3 is 5.97 Å². The molecule has 0 saturated carbocycles. The average molecular weight is 348 g/mol. The molecule has 1 heterocycles. The van der Waals surface area contributed by atoms with E-state index in [0.29, 0.717) is 26.4 Å². The van der Waals surface area contributed by atoms with Gasteiger partial charge in [-0.3, -0.25) is 4.79 Å². The molecule has 0 radical (unpaired) electrons. The van der Waals surface area contributed by atoms with E-state index in [4.69, 9.17) is 27.9 Å². The Morgan fingerprint density at radius 2 is 1.74 bits per heavy atom. The minimum absolute atomic E-state index is 0.0772. The molecule has 0 spiro atoms. The fraction of sp³-hybridized carbons (Fsp3) is 0.0588. The number of ether oxygens (including phenoxy) is 1. The highest BCUT2D eigenvalue weighted by Crippen LogP contribution is 2.25. The number of rotatable bonds is 3. The second-order valence-corrected chi connectivity index (χ2v) is 5.69. The van der Waals surface area contributed by atoms with E-state index in [1.165, 1.54) is 0 Å². The number of nitrogens with one attached hydrogen (secondary N) is 1. The fourth-order valence-corrected chi connectivity index (χ4v) is 2.71. The van der Waals surface area contributed by atoms with Crippen LogP contribution in [0.2, 0.25) is 10.0 Å². The van der Waals surface area contributed by atoms with Crippen molar-refractivity contribution in [2.75, 3.05) is 0 Å². The Kier molecular flexibility index (Phi) is 4.37. The minimum atomic E-state index is -0.649. The Balaban J connectivity index is 1.85. The standard InChI is InChI=1S/C17H11Cl2NO3/c18-13-6-3-7-14(19)12(13)9-23-17(22)15-8-10-4-1-2-5-11(10)16(21)20-15/h1-8H,9H2,(H,20,21). The highest BCUT2D eigenvalue weighted by atomic mass is 35.5. The number of hydrogen-bond donors (Lipinski definition) is 1. The Morgan fingerprint density at radius 3 is 2.48 bits per heavy atom. The summed E-state index contributed by atoms with van der Waals surface area (Å²) in [6.45, 7) is -0.0772. The molecule has 0 saturated heterocycles. The number of esters is 1. The van der Waals surface area contributed by atoms with Crippen LogP contribution in [0.1, 0.15) is 16.1 Å². The number of aromatic amines is 1. The normalized spacial score (nSPS) is 10.7. The van der Waals surface area contributed by atoms with Gasteiger partial charge in [-0.1, -0.05) is 47.5 Å². The van der Waals surface area contributed by atoms with Crippen molar-refractivity contribution in [2.24, 2.45) is 0 Å². The first-order valence-electron chi connectivity index (χ1n) is 6.78. The molecule has 1 aromatic heterocycles. The topological polar surface area (TPSA) is 59.2 Å². The van der Waals surface area contributed by atoms with Crippen LogP contribution in [0.3, 0.4) is 0 Å². The molecule has 116 valence electrons. The molecule has 0 aliphatic carbocycles. The largest absolute Gasteiger partial charge is 0.456 e. The summed E-state index contributed by atoms with van der Waals surface area (Å²) in [7, 11) is 0. The van der Waals surface area contributed by atoms with Gasteiger partial charge in [-0.15, -0.1) is 0 Å². The maximum atomic E-state index is 12.2. The van der Waals surface area contributed by atoms with E-state index in [1.807, 2.05) is 0 Å². The summed E-state index contributed by atoms with van der Waals surface area (Å²) in [4.78, 5) is 26.7. The summed E-state index contributed by atoms with van der Waals surface area (Å²) in [5, 5.41) is 2.01. The van der Waals surface area contributed by atoms with Crippen molar-refractivity contribution >= 4 is 39.9 Å². The lowest BCUT2D eigenvalue weighted by Crippen LogP contribution is -2.15. The van der Waals surface area contributed by atoms with E-state index in [-0.39, 0.29) is 17.9 Å². The molecular formula is C17H11Cl2NO3. The third-order valence-corrected chi connectivity index (χ3v) is 4.09. The second kappa shape index (κ2) is 6.44. The Bertz CT molecular complexity index is 930. The van der Waals surface area contributed by atoms with E-state index >= 15 is 0 Å². The van der Waals surface area contributed by atoms with Crippen molar-refractivity contribution in [3.8, 4) is 0 Å². The highest BCUT2D eigenvalue weighted by molar-refractivity contribution is 6.35. The van der Waals surface area contributed by atoms with Crippen LogP contribution in [0.15, 0.2) is 53.3 Å². The van der Waals surface area contributed by atoms with Crippen LogP contribution in [0.5, 0.6) is 0 Å². The molecule has 0 unspecified atom stereocenters. The van der Waals surface area contributed by atoms with Crippen molar-refractivity contribution in [1.82, 2.24) is 4.98 Å². The third-order valence-electron chi connectivity index (χ3n) is 3.38. The lowest BCUT2D eigenvalue weighted by Gasteiger charge is -2.08. The third kappa shape index (κ3) is 3.23. The monoisotopic (exact) mass is 347 g/mol. The predicted molar refractivity (Wildman–Crippen MR) is 90.2 cm³/mol. The van der Waals surface area contributed by atoms with Gasteiger partial charge in [0.05, 0.1) is 0 Å². The number of fused-ring (bicyclic) bond motifs is 1. The molecule has 3 rings (SSSR count). The van der Waals surface area contributed by atoms with Crippen LogP contribution in [0.25, 0.3) is 10.8 Å². The lowest BCUT2D eigenvalue weighted by atomic mass is 10.1. The molecule has 4 nitrogen and oxygen atoms in total. The zero-order valence-electron chi connectivity index (χ0n) is 11.8. The van der Waals surface area contributed by atoms with Gasteiger partial charge < -0.3 is 9.72 Å². The van der Waals surface area contributed by atoms with Gasteiger partial charge in [-0.05, 0) is 29.7 Å². The number of carbonyl (C=O) groups is 1. The predicted octanol–water partition coefficient (Wildman–Crippen LogP) is 4.19. The van der Waals surface area contributed by atoms with Crippen molar-refractivity contribution in [2.45, 2.75) is 6.61 Å². The van der Waals surface area contributed by atoms with Crippen molar-refractivity contribution in [3.63, 3.8) is 0 Å². The maximum absolute atomic E-state index is 12.2. The Morgan fingerprint density at radius 1 is 1.04 bits per heavy atom. The van der Waals surface area contributed by atoms with Crippen LogP contribution in [-0.2, 0) is 11.3 Å². The molecule has 6 heteroatoms. The van der Waals surface area contributed by atoms with Crippen molar-refractivity contribution < 1.29 is 9.53 Å². The van der Waals surface area contributed by atoms with E-state index in [1.54, 1.807) is 48.5 Å². The summed E-state index contributed by atoms with van der Waals surface area (Å²) in [6, 6.07) is 13.6. The quantitative estimate of drug-likeness (QED) is 0.722. The average Bonchev–Trinajstić information content (AvgIpc) is 2.54. The van der Waals surface area contributed by atoms with Gasteiger partial charge in [0, 0.05) is 21.0 Å². The molecule has 0 amide bonds. The first kappa shape index (κ1) is 15.6.